The van der Waals surface area contributed by atoms with Gasteiger partial charge in [-0.3, -0.25) is 0 Å². The Kier molecular flexibility index (Phi) is 7.74. The van der Waals surface area contributed by atoms with Gasteiger partial charge in [-0.15, -0.1) is 0 Å². The summed E-state index contributed by atoms with van der Waals surface area (Å²) in [6.07, 6.45) is -0.214. The van der Waals surface area contributed by atoms with Crippen LogP contribution in [0.5, 0.6) is 0 Å². The lowest BCUT2D eigenvalue weighted by Crippen LogP contribution is -2.35. The predicted octanol–water partition coefficient (Wildman–Crippen LogP) is 2.04. The summed E-state index contributed by atoms with van der Waals surface area (Å²) in [5, 5.41) is 9.36. The number of aliphatic hydroxyl groups is 1. The summed E-state index contributed by atoms with van der Waals surface area (Å²) in [7, 11) is 0. The molecule has 108 valence electrons. The molecule has 1 heterocycles. The zero-order valence-corrected chi connectivity index (χ0v) is 11.3. The van der Waals surface area contributed by atoms with Crippen LogP contribution in [0.25, 0.3) is 0 Å². The van der Waals surface area contributed by atoms with Gasteiger partial charge in [0, 0.05) is 13.2 Å². The molecule has 0 aromatic heterocycles. The monoisotopic (exact) mass is 264 g/mol. The Morgan fingerprint density at radius 3 is 2.50 bits per heavy atom. The van der Waals surface area contributed by atoms with E-state index in [-0.39, 0.29) is 6.61 Å². The highest BCUT2D eigenvalue weighted by molar-refractivity contribution is 4.87. The number of ether oxygens (including phenoxy) is 3. The third-order valence-electron chi connectivity index (χ3n) is 3.00. The minimum atomic E-state index is -1.48. The van der Waals surface area contributed by atoms with Crippen LogP contribution >= 0.6 is 0 Å². The largest absolute Gasteiger partial charge is 0.379 e. The number of unbranched alkanes of at least 4 members (excludes halogenated alkanes) is 2. The van der Waals surface area contributed by atoms with Gasteiger partial charge in [0.15, 0.2) is 12.5 Å². The van der Waals surface area contributed by atoms with E-state index in [1.165, 1.54) is 0 Å². The topological polar surface area (TPSA) is 47.9 Å². The van der Waals surface area contributed by atoms with Crippen LogP contribution < -0.4 is 0 Å². The molecule has 1 fully saturated rings. The fourth-order valence-electron chi connectivity index (χ4n) is 1.84. The van der Waals surface area contributed by atoms with Crippen LogP contribution in [0.4, 0.5) is 4.39 Å². The summed E-state index contributed by atoms with van der Waals surface area (Å²) >= 11 is 0. The van der Waals surface area contributed by atoms with E-state index in [9.17, 15) is 9.50 Å². The summed E-state index contributed by atoms with van der Waals surface area (Å²) < 4.78 is 29.7. The zero-order valence-electron chi connectivity index (χ0n) is 11.3. The number of aliphatic hydroxyl groups excluding tert-OH is 1. The predicted molar refractivity (Wildman–Crippen MR) is 66.2 cm³/mol. The van der Waals surface area contributed by atoms with E-state index >= 15 is 0 Å². The van der Waals surface area contributed by atoms with Gasteiger partial charge in [0.2, 0.25) is 0 Å². The van der Waals surface area contributed by atoms with Crippen LogP contribution in [0, 0.1) is 0 Å². The molecule has 0 saturated carbocycles. The number of alkyl halides is 1. The third kappa shape index (κ3) is 4.80. The smallest absolute Gasteiger partial charge is 0.189 e. The molecule has 1 aliphatic heterocycles. The number of rotatable bonds is 9. The van der Waals surface area contributed by atoms with Crippen molar-refractivity contribution in [2.75, 3.05) is 19.8 Å². The van der Waals surface area contributed by atoms with Crippen LogP contribution in [-0.2, 0) is 14.2 Å². The molecule has 4 atom stereocenters. The van der Waals surface area contributed by atoms with Crippen LogP contribution in [-0.4, -0.2) is 49.6 Å². The Balaban J connectivity index is 2.32. The molecule has 1 N–H and O–H groups in total. The second-order valence-corrected chi connectivity index (χ2v) is 4.63. The minimum absolute atomic E-state index is 0.272. The SMILES string of the molecule is CCCCOC[C@H]1OC(O)[C@H](F)[C@@H]1OCCCC. The van der Waals surface area contributed by atoms with Gasteiger partial charge in [0.05, 0.1) is 6.61 Å². The number of halogens is 1. The molecular formula is C13H25FO4. The van der Waals surface area contributed by atoms with E-state index in [1.54, 1.807) is 0 Å². The molecule has 0 bridgehead atoms. The Labute approximate surface area is 108 Å². The maximum atomic E-state index is 13.7. The molecule has 1 saturated heterocycles. The summed E-state index contributed by atoms with van der Waals surface area (Å²) in [5.41, 5.74) is 0. The molecule has 0 aromatic rings. The van der Waals surface area contributed by atoms with Gasteiger partial charge >= 0.3 is 0 Å². The van der Waals surface area contributed by atoms with Crippen molar-refractivity contribution in [3.05, 3.63) is 0 Å². The van der Waals surface area contributed by atoms with E-state index in [0.29, 0.717) is 13.2 Å². The normalized spacial score (nSPS) is 32.0. The van der Waals surface area contributed by atoms with Crippen molar-refractivity contribution in [1.29, 1.82) is 0 Å². The number of hydrogen-bond donors (Lipinski definition) is 1. The van der Waals surface area contributed by atoms with Crippen LogP contribution in [0.3, 0.4) is 0 Å². The Hall–Kier alpha value is -0.230. The van der Waals surface area contributed by atoms with Crippen LogP contribution in [0.2, 0.25) is 0 Å². The Bertz CT molecular complexity index is 215. The molecule has 0 spiro atoms. The van der Waals surface area contributed by atoms with Gasteiger partial charge in [-0.05, 0) is 12.8 Å². The molecule has 5 heteroatoms. The molecule has 0 amide bonds. The van der Waals surface area contributed by atoms with Crippen molar-refractivity contribution in [1.82, 2.24) is 0 Å². The summed E-state index contributed by atoms with van der Waals surface area (Å²) in [4.78, 5) is 0. The second-order valence-electron chi connectivity index (χ2n) is 4.63. The van der Waals surface area contributed by atoms with Crippen molar-refractivity contribution in [3.8, 4) is 0 Å². The lowest BCUT2D eigenvalue weighted by Gasteiger charge is -2.19. The molecule has 18 heavy (non-hydrogen) atoms. The van der Waals surface area contributed by atoms with E-state index in [2.05, 4.69) is 6.92 Å². The summed E-state index contributed by atoms with van der Waals surface area (Å²) in [6, 6.07) is 0. The molecule has 1 rings (SSSR count). The first kappa shape index (κ1) is 15.8. The van der Waals surface area contributed by atoms with E-state index in [1.807, 2.05) is 6.92 Å². The first-order valence-electron chi connectivity index (χ1n) is 6.87. The maximum Gasteiger partial charge on any atom is 0.189 e. The second kappa shape index (κ2) is 8.80. The van der Waals surface area contributed by atoms with Gasteiger partial charge in [0.1, 0.15) is 12.2 Å². The fourth-order valence-corrected chi connectivity index (χ4v) is 1.84. The van der Waals surface area contributed by atoms with Crippen molar-refractivity contribution in [2.45, 2.75) is 64.2 Å². The standard InChI is InChI=1S/C13H25FO4/c1-3-5-7-16-9-10-12(17-8-6-4-2)11(14)13(15)18-10/h10-13,15H,3-9H2,1-2H3/t10-,11-,12-,13?/m1/s1. The highest BCUT2D eigenvalue weighted by atomic mass is 19.1. The fraction of sp³-hybridized carbons (Fsp3) is 1.00. The molecule has 1 unspecified atom stereocenters. The van der Waals surface area contributed by atoms with Crippen LogP contribution in [0.1, 0.15) is 39.5 Å². The maximum absolute atomic E-state index is 13.7. The van der Waals surface area contributed by atoms with Gasteiger partial charge in [-0.1, -0.05) is 26.7 Å². The molecule has 0 radical (unpaired) electrons. The molecule has 4 nitrogen and oxygen atoms in total. The minimum Gasteiger partial charge on any atom is -0.379 e. The van der Waals surface area contributed by atoms with Crippen molar-refractivity contribution in [2.24, 2.45) is 0 Å². The average Bonchev–Trinajstić information content (AvgIpc) is 2.63. The van der Waals surface area contributed by atoms with Crippen LogP contribution in [0.15, 0.2) is 0 Å². The molecule has 1 aliphatic rings. The van der Waals surface area contributed by atoms with Gasteiger partial charge in [0.25, 0.3) is 0 Å². The molecule has 0 aromatic carbocycles. The molecular weight excluding hydrogens is 239 g/mol. The van der Waals surface area contributed by atoms with Gasteiger partial charge in [-0.2, -0.15) is 0 Å². The first-order chi connectivity index (χ1) is 8.70. The van der Waals surface area contributed by atoms with E-state index < -0.39 is 24.7 Å². The van der Waals surface area contributed by atoms with Gasteiger partial charge < -0.3 is 19.3 Å². The van der Waals surface area contributed by atoms with Gasteiger partial charge in [-0.25, -0.2) is 4.39 Å². The highest BCUT2D eigenvalue weighted by Crippen LogP contribution is 2.25. The quantitative estimate of drug-likeness (QED) is 0.647. The van der Waals surface area contributed by atoms with Crippen molar-refractivity contribution in [3.63, 3.8) is 0 Å². The zero-order chi connectivity index (χ0) is 13.4. The lowest BCUT2D eigenvalue weighted by atomic mass is 10.1. The summed E-state index contributed by atoms with van der Waals surface area (Å²) in [5.74, 6) is 0. The molecule has 0 aliphatic carbocycles. The average molecular weight is 264 g/mol. The van der Waals surface area contributed by atoms with E-state index in [0.717, 1.165) is 25.7 Å². The highest BCUT2D eigenvalue weighted by Gasteiger charge is 2.45. The van der Waals surface area contributed by atoms with E-state index in [4.69, 9.17) is 14.2 Å². The lowest BCUT2D eigenvalue weighted by molar-refractivity contribution is -0.127. The van der Waals surface area contributed by atoms with Crippen molar-refractivity contribution >= 4 is 0 Å². The Morgan fingerprint density at radius 2 is 1.83 bits per heavy atom. The number of hydrogen-bond acceptors (Lipinski definition) is 4. The third-order valence-corrected chi connectivity index (χ3v) is 3.00. The first-order valence-corrected chi connectivity index (χ1v) is 6.87. The van der Waals surface area contributed by atoms with Crippen molar-refractivity contribution < 1.29 is 23.7 Å². The summed E-state index contributed by atoms with van der Waals surface area (Å²) in [6.45, 7) is 5.51. The Morgan fingerprint density at radius 1 is 1.17 bits per heavy atom.